The highest BCUT2D eigenvalue weighted by molar-refractivity contribution is 5.23. The second kappa shape index (κ2) is 7.10. The Morgan fingerprint density at radius 3 is 2.55 bits per heavy atom. The molecule has 0 radical (unpaired) electrons. The highest BCUT2D eigenvalue weighted by Crippen LogP contribution is 2.20. The number of nitrogens with zero attached hydrogens (tertiary/aromatic N) is 1. The van der Waals surface area contributed by atoms with Crippen molar-refractivity contribution in [2.24, 2.45) is 0 Å². The second-order valence-corrected chi connectivity index (χ2v) is 4.73. The second-order valence-electron chi connectivity index (χ2n) is 4.73. The summed E-state index contributed by atoms with van der Waals surface area (Å²) in [4.78, 5) is 3.99. The Morgan fingerprint density at radius 1 is 1.15 bits per heavy atom. The van der Waals surface area contributed by atoms with Crippen LogP contribution in [0.5, 0.6) is 0 Å². The van der Waals surface area contributed by atoms with Crippen LogP contribution in [0.25, 0.3) is 0 Å². The van der Waals surface area contributed by atoms with Crippen LogP contribution in [0.3, 0.4) is 0 Å². The highest BCUT2D eigenvalue weighted by Gasteiger charge is 2.14. The summed E-state index contributed by atoms with van der Waals surface area (Å²) >= 11 is 0. The van der Waals surface area contributed by atoms with Gasteiger partial charge in [-0.15, -0.1) is 0 Å². The van der Waals surface area contributed by atoms with E-state index in [1.165, 1.54) is 12.1 Å². The molecule has 1 unspecified atom stereocenters. The number of hydrogen-bond donors (Lipinski definition) is 1. The van der Waals surface area contributed by atoms with Gasteiger partial charge in [-0.1, -0.05) is 13.0 Å². The summed E-state index contributed by atoms with van der Waals surface area (Å²) in [5.74, 6) is -1.05. The SMILES string of the molecule is CCCNC(Cc1ccc(F)cc1F)c1ccncc1. The molecule has 1 atom stereocenters. The van der Waals surface area contributed by atoms with E-state index in [9.17, 15) is 8.78 Å². The van der Waals surface area contributed by atoms with Crippen LogP contribution < -0.4 is 5.32 Å². The minimum Gasteiger partial charge on any atom is -0.310 e. The van der Waals surface area contributed by atoms with Crippen molar-refractivity contribution in [3.8, 4) is 0 Å². The van der Waals surface area contributed by atoms with E-state index in [1.54, 1.807) is 12.4 Å². The topological polar surface area (TPSA) is 24.9 Å². The van der Waals surface area contributed by atoms with Crippen molar-refractivity contribution in [1.82, 2.24) is 10.3 Å². The van der Waals surface area contributed by atoms with Crippen molar-refractivity contribution in [3.05, 3.63) is 65.5 Å². The molecule has 2 aromatic rings. The molecule has 0 spiro atoms. The smallest absolute Gasteiger partial charge is 0.129 e. The van der Waals surface area contributed by atoms with E-state index in [0.717, 1.165) is 24.6 Å². The zero-order chi connectivity index (χ0) is 14.4. The van der Waals surface area contributed by atoms with Crippen LogP contribution >= 0.6 is 0 Å². The molecule has 0 aliphatic rings. The molecule has 0 bridgehead atoms. The first-order valence-electron chi connectivity index (χ1n) is 6.78. The van der Waals surface area contributed by atoms with E-state index < -0.39 is 11.6 Å². The lowest BCUT2D eigenvalue weighted by Crippen LogP contribution is -2.24. The number of benzene rings is 1. The molecular weight excluding hydrogens is 258 g/mol. The summed E-state index contributed by atoms with van der Waals surface area (Å²) in [6, 6.07) is 7.55. The average Bonchev–Trinajstić information content (AvgIpc) is 2.46. The Morgan fingerprint density at radius 2 is 1.90 bits per heavy atom. The summed E-state index contributed by atoms with van der Waals surface area (Å²) in [7, 11) is 0. The van der Waals surface area contributed by atoms with Gasteiger partial charge in [0.15, 0.2) is 0 Å². The van der Waals surface area contributed by atoms with Crippen molar-refractivity contribution < 1.29 is 8.78 Å². The van der Waals surface area contributed by atoms with Crippen LogP contribution in [0.4, 0.5) is 8.78 Å². The molecule has 1 aromatic carbocycles. The van der Waals surface area contributed by atoms with Gasteiger partial charge >= 0.3 is 0 Å². The standard InChI is InChI=1S/C16H18F2N2/c1-2-7-20-16(12-5-8-19-9-6-12)10-13-3-4-14(17)11-15(13)18/h3-6,8-9,11,16,20H,2,7,10H2,1H3. The molecule has 4 heteroatoms. The molecule has 0 saturated carbocycles. The van der Waals surface area contributed by atoms with Gasteiger partial charge in [0.1, 0.15) is 11.6 Å². The van der Waals surface area contributed by atoms with Gasteiger partial charge in [0, 0.05) is 24.5 Å². The number of halogens is 2. The van der Waals surface area contributed by atoms with Crippen molar-refractivity contribution in [2.75, 3.05) is 6.54 Å². The van der Waals surface area contributed by atoms with Gasteiger partial charge in [-0.25, -0.2) is 8.78 Å². The van der Waals surface area contributed by atoms with Crippen LogP contribution in [0.15, 0.2) is 42.7 Å². The number of rotatable bonds is 6. The molecular formula is C16H18F2N2. The van der Waals surface area contributed by atoms with E-state index in [4.69, 9.17) is 0 Å². The van der Waals surface area contributed by atoms with Crippen molar-refractivity contribution in [2.45, 2.75) is 25.8 Å². The van der Waals surface area contributed by atoms with Gasteiger partial charge in [0.2, 0.25) is 0 Å². The minimum atomic E-state index is -0.548. The third-order valence-electron chi connectivity index (χ3n) is 3.19. The van der Waals surface area contributed by atoms with E-state index in [0.29, 0.717) is 12.0 Å². The third kappa shape index (κ3) is 3.84. The van der Waals surface area contributed by atoms with Crippen molar-refractivity contribution in [3.63, 3.8) is 0 Å². The molecule has 0 fully saturated rings. The Bertz CT molecular complexity index is 543. The maximum Gasteiger partial charge on any atom is 0.129 e. The lowest BCUT2D eigenvalue weighted by atomic mass is 9.99. The monoisotopic (exact) mass is 276 g/mol. The Hall–Kier alpha value is -1.81. The molecule has 0 aliphatic carbocycles. The first-order valence-corrected chi connectivity index (χ1v) is 6.78. The lowest BCUT2D eigenvalue weighted by Gasteiger charge is -2.19. The first kappa shape index (κ1) is 14.6. The number of hydrogen-bond acceptors (Lipinski definition) is 2. The van der Waals surface area contributed by atoms with E-state index in [1.807, 2.05) is 12.1 Å². The zero-order valence-electron chi connectivity index (χ0n) is 11.4. The summed E-state index contributed by atoms with van der Waals surface area (Å²) in [5, 5.41) is 3.39. The Kier molecular flexibility index (Phi) is 5.18. The van der Waals surface area contributed by atoms with E-state index >= 15 is 0 Å². The fourth-order valence-electron chi connectivity index (χ4n) is 2.13. The number of aromatic nitrogens is 1. The highest BCUT2D eigenvalue weighted by atomic mass is 19.1. The summed E-state index contributed by atoms with van der Waals surface area (Å²) in [6.45, 7) is 2.92. The van der Waals surface area contributed by atoms with Gasteiger partial charge in [-0.05, 0) is 48.7 Å². The maximum absolute atomic E-state index is 13.8. The van der Waals surface area contributed by atoms with Crippen LogP contribution in [-0.2, 0) is 6.42 Å². The molecule has 1 aromatic heterocycles. The minimum absolute atomic E-state index is 0.00193. The lowest BCUT2D eigenvalue weighted by molar-refractivity contribution is 0.508. The molecule has 0 aliphatic heterocycles. The Balaban J connectivity index is 2.19. The van der Waals surface area contributed by atoms with E-state index in [2.05, 4.69) is 17.2 Å². The quantitative estimate of drug-likeness (QED) is 0.871. The van der Waals surface area contributed by atoms with E-state index in [-0.39, 0.29) is 6.04 Å². The Labute approximate surface area is 117 Å². The van der Waals surface area contributed by atoms with Gasteiger partial charge in [-0.2, -0.15) is 0 Å². The zero-order valence-corrected chi connectivity index (χ0v) is 11.4. The van der Waals surface area contributed by atoms with Crippen molar-refractivity contribution >= 4 is 0 Å². The van der Waals surface area contributed by atoms with Crippen LogP contribution in [0.1, 0.15) is 30.5 Å². The molecule has 1 N–H and O–H groups in total. The molecule has 106 valence electrons. The molecule has 0 amide bonds. The van der Waals surface area contributed by atoms with Crippen molar-refractivity contribution in [1.29, 1.82) is 0 Å². The molecule has 2 rings (SSSR count). The fraction of sp³-hybridized carbons (Fsp3) is 0.312. The fourth-order valence-corrected chi connectivity index (χ4v) is 2.13. The molecule has 0 saturated heterocycles. The predicted molar refractivity (Wildman–Crippen MR) is 75.3 cm³/mol. The molecule has 20 heavy (non-hydrogen) atoms. The largest absolute Gasteiger partial charge is 0.310 e. The number of nitrogens with one attached hydrogen (secondary N) is 1. The molecule has 2 nitrogen and oxygen atoms in total. The van der Waals surface area contributed by atoms with Crippen LogP contribution in [-0.4, -0.2) is 11.5 Å². The van der Waals surface area contributed by atoms with Crippen LogP contribution in [0, 0.1) is 11.6 Å². The summed E-state index contributed by atoms with van der Waals surface area (Å²) in [5.41, 5.74) is 1.56. The average molecular weight is 276 g/mol. The summed E-state index contributed by atoms with van der Waals surface area (Å²) in [6.07, 6.45) is 4.91. The van der Waals surface area contributed by atoms with Crippen LogP contribution in [0.2, 0.25) is 0 Å². The third-order valence-corrected chi connectivity index (χ3v) is 3.19. The normalized spacial score (nSPS) is 12.3. The molecule has 1 heterocycles. The summed E-state index contributed by atoms with van der Waals surface area (Å²) < 4.78 is 26.7. The maximum atomic E-state index is 13.8. The predicted octanol–water partition coefficient (Wildman–Crippen LogP) is 3.64. The first-order chi connectivity index (χ1) is 9.70. The van der Waals surface area contributed by atoms with Gasteiger partial charge in [0.25, 0.3) is 0 Å². The van der Waals surface area contributed by atoms with Gasteiger partial charge in [0.05, 0.1) is 0 Å². The van der Waals surface area contributed by atoms with Gasteiger partial charge in [-0.3, -0.25) is 4.98 Å². The van der Waals surface area contributed by atoms with Gasteiger partial charge < -0.3 is 5.32 Å². The number of pyridine rings is 1.